The van der Waals surface area contributed by atoms with Gasteiger partial charge in [0.2, 0.25) is 11.8 Å². The van der Waals surface area contributed by atoms with Gasteiger partial charge in [0.25, 0.3) is 5.91 Å². The van der Waals surface area contributed by atoms with Crippen LogP contribution in [0.15, 0.2) is 54.2 Å². The van der Waals surface area contributed by atoms with E-state index in [1.165, 1.54) is 24.0 Å². The summed E-state index contributed by atoms with van der Waals surface area (Å²) in [6.07, 6.45) is 1.55. The quantitative estimate of drug-likeness (QED) is 0.763. The Morgan fingerprint density at radius 2 is 1.75 bits per heavy atom. The fourth-order valence-electron chi connectivity index (χ4n) is 2.88. The van der Waals surface area contributed by atoms with Crippen molar-refractivity contribution in [2.45, 2.75) is 13.5 Å². The Bertz CT molecular complexity index is 936. The second-order valence-corrected chi connectivity index (χ2v) is 6.32. The smallest absolute Gasteiger partial charge is 0.277 e. The summed E-state index contributed by atoms with van der Waals surface area (Å²) < 4.78 is 18.3. The van der Waals surface area contributed by atoms with E-state index in [2.05, 4.69) is 0 Å². The first-order valence-electron chi connectivity index (χ1n) is 8.62. The highest BCUT2D eigenvalue weighted by molar-refractivity contribution is 6.12. The minimum absolute atomic E-state index is 0.0842. The minimum atomic E-state index is -0.551. The molecule has 2 aromatic rings. The predicted octanol–water partition coefficient (Wildman–Crippen LogP) is 2.59. The van der Waals surface area contributed by atoms with E-state index in [1.807, 2.05) is 0 Å². The molecule has 2 aromatic carbocycles. The first-order chi connectivity index (χ1) is 13.4. The van der Waals surface area contributed by atoms with Crippen LogP contribution in [0.1, 0.15) is 18.1 Å². The van der Waals surface area contributed by atoms with Crippen molar-refractivity contribution in [1.29, 1.82) is 0 Å². The predicted molar refractivity (Wildman–Crippen MR) is 100 cm³/mol. The first kappa shape index (κ1) is 19.3. The van der Waals surface area contributed by atoms with Crippen LogP contribution in [0.3, 0.4) is 0 Å². The number of ether oxygens (including phenoxy) is 1. The van der Waals surface area contributed by atoms with Crippen LogP contribution < -0.4 is 4.74 Å². The van der Waals surface area contributed by atoms with E-state index in [0.29, 0.717) is 16.9 Å². The molecule has 28 heavy (non-hydrogen) atoms. The third-order valence-electron chi connectivity index (χ3n) is 4.40. The number of imide groups is 1. The van der Waals surface area contributed by atoms with Crippen LogP contribution in [0, 0.1) is 5.82 Å². The lowest BCUT2D eigenvalue weighted by Gasteiger charge is -2.34. The van der Waals surface area contributed by atoms with Gasteiger partial charge in [0.15, 0.2) is 0 Å². The van der Waals surface area contributed by atoms with E-state index >= 15 is 0 Å². The minimum Gasteiger partial charge on any atom is -0.497 e. The largest absolute Gasteiger partial charge is 0.497 e. The van der Waals surface area contributed by atoms with E-state index in [4.69, 9.17) is 4.74 Å². The van der Waals surface area contributed by atoms with E-state index < -0.39 is 11.8 Å². The summed E-state index contributed by atoms with van der Waals surface area (Å²) in [5, 5.41) is 0. The zero-order valence-corrected chi connectivity index (χ0v) is 15.5. The molecule has 0 bridgehead atoms. The van der Waals surface area contributed by atoms with Gasteiger partial charge in [0, 0.05) is 6.92 Å². The molecule has 1 aliphatic rings. The highest BCUT2D eigenvalue weighted by Gasteiger charge is 2.36. The Kier molecular flexibility index (Phi) is 5.54. The molecule has 0 spiro atoms. The van der Waals surface area contributed by atoms with Gasteiger partial charge in [0.05, 0.1) is 13.7 Å². The number of piperazine rings is 1. The fraction of sp³-hybridized carbons (Fsp3) is 0.190. The zero-order valence-electron chi connectivity index (χ0n) is 15.5. The van der Waals surface area contributed by atoms with Crippen molar-refractivity contribution in [3.05, 3.63) is 71.2 Å². The molecule has 3 amide bonds. The lowest BCUT2D eigenvalue weighted by Crippen LogP contribution is -2.53. The van der Waals surface area contributed by atoms with Crippen LogP contribution in [0.5, 0.6) is 5.75 Å². The fourth-order valence-corrected chi connectivity index (χ4v) is 2.88. The van der Waals surface area contributed by atoms with Crippen molar-refractivity contribution in [2.75, 3.05) is 13.7 Å². The molecule has 0 radical (unpaired) electrons. The van der Waals surface area contributed by atoms with Crippen LogP contribution in [-0.4, -0.2) is 41.2 Å². The standard InChI is InChI=1S/C21H19FN2O4/c1-14(25)23-13-20(26)24(12-16-3-7-17(22)8-4-16)19(21(23)27)11-15-5-9-18(28-2)10-6-15/h3-11H,12-13H2,1-2H3. The van der Waals surface area contributed by atoms with Crippen LogP contribution in [-0.2, 0) is 20.9 Å². The molecule has 0 saturated carbocycles. The van der Waals surface area contributed by atoms with Gasteiger partial charge in [-0.05, 0) is 41.5 Å². The SMILES string of the molecule is COc1ccc(C=C2C(=O)N(C(C)=O)CC(=O)N2Cc2ccc(F)cc2)cc1. The molecule has 3 rings (SSSR count). The monoisotopic (exact) mass is 382 g/mol. The van der Waals surface area contributed by atoms with Gasteiger partial charge in [-0.25, -0.2) is 4.39 Å². The molecule has 1 saturated heterocycles. The van der Waals surface area contributed by atoms with Crippen LogP contribution in [0.25, 0.3) is 6.08 Å². The van der Waals surface area contributed by atoms with E-state index in [1.54, 1.807) is 49.6 Å². The van der Waals surface area contributed by atoms with Gasteiger partial charge in [-0.2, -0.15) is 0 Å². The van der Waals surface area contributed by atoms with Crippen molar-refractivity contribution in [1.82, 2.24) is 9.80 Å². The Balaban J connectivity index is 1.99. The summed E-state index contributed by atoms with van der Waals surface area (Å²) in [7, 11) is 1.55. The highest BCUT2D eigenvalue weighted by Crippen LogP contribution is 2.23. The van der Waals surface area contributed by atoms with Gasteiger partial charge in [-0.15, -0.1) is 0 Å². The summed E-state index contributed by atoms with van der Waals surface area (Å²) in [6.45, 7) is 1.01. The van der Waals surface area contributed by atoms with Gasteiger partial charge in [-0.3, -0.25) is 19.3 Å². The molecule has 7 heteroatoms. The number of methoxy groups -OCH3 is 1. The molecule has 144 valence electrons. The van der Waals surface area contributed by atoms with Gasteiger partial charge < -0.3 is 9.64 Å². The number of nitrogens with zero attached hydrogens (tertiary/aromatic N) is 2. The molecule has 6 nitrogen and oxygen atoms in total. The normalized spacial score (nSPS) is 15.9. The maximum Gasteiger partial charge on any atom is 0.277 e. The number of rotatable bonds is 4. The van der Waals surface area contributed by atoms with E-state index in [-0.39, 0.29) is 30.5 Å². The third-order valence-corrected chi connectivity index (χ3v) is 4.40. The molecular formula is C21H19FN2O4. The third kappa shape index (κ3) is 4.09. The van der Waals surface area contributed by atoms with E-state index in [9.17, 15) is 18.8 Å². The summed E-state index contributed by atoms with van der Waals surface area (Å²) in [5.41, 5.74) is 1.42. The summed E-state index contributed by atoms with van der Waals surface area (Å²) in [6, 6.07) is 12.6. The highest BCUT2D eigenvalue weighted by atomic mass is 19.1. The topological polar surface area (TPSA) is 66.9 Å². The maximum atomic E-state index is 13.2. The second kappa shape index (κ2) is 8.04. The number of carbonyl (C=O) groups is 3. The van der Waals surface area contributed by atoms with Crippen LogP contribution in [0.2, 0.25) is 0 Å². The van der Waals surface area contributed by atoms with Crippen molar-refractivity contribution in [3.63, 3.8) is 0 Å². The Labute approximate surface area is 161 Å². The van der Waals surface area contributed by atoms with Crippen LogP contribution >= 0.6 is 0 Å². The van der Waals surface area contributed by atoms with Gasteiger partial charge >= 0.3 is 0 Å². The molecule has 1 fully saturated rings. The molecule has 0 aliphatic carbocycles. The lowest BCUT2D eigenvalue weighted by molar-refractivity contribution is -0.153. The maximum absolute atomic E-state index is 13.2. The summed E-state index contributed by atoms with van der Waals surface area (Å²) in [4.78, 5) is 39.5. The number of hydrogen-bond donors (Lipinski definition) is 0. The van der Waals surface area contributed by atoms with E-state index in [0.717, 1.165) is 4.90 Å². The van der Waals surface area contributed by atoms with Gasteiger partial charge in [0.1, 0.15) is 23.8 Å². The Morgan fingerprint density at radius 3 is 2.32 bits per heavy atom. The first-order valence-corrected chi connectivity index (χ1v) is 8.62. The Morgan fingerprint density at radius 1 is 1.11 bits per heavy atom. The number of halogens is 1. The van der Waals surface area contributed by atoms with Crippen LogP contribution in [0.4, 0.5) is 4.39 Å². The number of benzene rings is 2. The average molecular weight is 382 g/mol. The van der Waals surface area contributed by atoms with Crippen molar-refractivity contribution in [2.24, 2.45) is 0 Å². The van der Waals surface area contributed by atoms with Crippen molar-refractivity contribution >= 4 is 23.8 Å². The second-order valence-electron chi connectivity index (χ2n) is 6.32. The average Bonchev–Trinajstić information content (AvgIpc) is 2.69. The Hall–Kier alpha value is -3.48. The molecule has 0 aromatic heterocycles. The number of hydrogen-bond acceptors (Lipinski definition) is 4. The molecular weight excluding hydrogens is 363 g/mol. The van der Waals surface area contributed by atoms with Crippen molar-refractivity contribution < 1.29 is 23.5 Å². The number of carbonyl (C=O) groups excluding carboxylic acids is 3. The van der Waals surface area contributed by atoms with Crippen molar-refractivity contribution in [3.8, 4) is 5.75 Å². The lowest BCUT2D eigenvalue weighted by atomic mass is 10.1. The summed E-state index contributed by atoms with van der Waals surface area (Å²) >= 11 is 0. The molecule has 1 aliphatic heterocycles. The number of amides is 3. The molecule has 0 unspecified atom stereocenters. The molecule has 0 atom stereocenters. The molecule has 0 N–H and O–H groups in total. The zero-order chi connectivity index (χ0) is 20.3. The summed E-state index contributed by atoms with van der Waals surface area (Å²) in [5.74, 6) is -1.17. The molecule has 1 heterocycles. The van der Waals surface area contributed by atoms with Gasteiger partial charge in [-0.1, -0.05) is 24.3 Å².